The molecule has 0 unspecified atom stereocenters. The summed E-state index contributed by atoms with van der Waals surface area (Å²) in [5, 5.41) is 6.63. The molecule has 2 heteroatoms. The van der Waals surface area contributed by atoms with Crippen molar-refractivity contribution in [1.29, 1.82) is 5.41 Å². The van der Waals surface area contributed by atoms with Gasteiger partial charge in [0.15, 0.2) is 0 Å². The first kappa shape index (κ1) is 5.34. The predicted octanol–water partition coefficient (Wildman–Crippen LogP) is 0.828. The second-order valence-electron chi connectivity index (χ2n) is 0.912. The van der Waals surface area contributed by atoms with Gasteiger partial charge in [0.1, 0.15) is 12.6 Å². The van der Waals surface area contributed by atoms with Crippen LogP contribution in [0.4, 0.5) is 0 Å². The van der Waals surface area contributed by atoms with Crippen LogP contribution in [0.2, 0.25) is 0 Å². The van der Waals surface area contributed by atoms with Crippen LogP contribution in [0.15, 0.2) is 4.99 Å². The van der Waals surface area contributed by atoms with Crippen molar-refractivity contribution in [2.24, 2.45) is 4.99 Å². The highest BCUT2D eigenvalue weighted by Crippen LogP contribution is 1.77. The third-order valence-corrected chi connectivity index (χ3v) is 0.470. The standard InChI is InChI=1S/C4H6N2/c1-3-4(5)6-2/h5H,3H2,1H3. The normalized spacial score (nSPS) is 7.50. The molecule has 32 valence electrons. The number of nitrogens with zero attached hydrogens (tertiary/aromatic N) is 1. The van der Waals surface area contributed by atoms with Crippen molar-refractivity contribution in [1.82, 2.24) is 0 Å². The highest BCUT2D eigenvalue weighted by molar-refractivity contribution is 5.82. The van der Waals surface area contributed by atoms with Crippen LogP contribution in [-0.4, -0.2) is 12.6 Å². The van der Waals surface area contributed by atoms with Gasteiger partial charge in [-0.1, -0.05) is 6.92 Å². The van der Waals surface area contributed by atoms with Gasteiger partial charge in [-0.05, 0) is 0 Å². The summed E-state index contributed by atoms with van der Waals surface area (Å²) < 4.78 is 0. The fourth-order valence-corrected chi connectivity index (χ4v) is 0.0791. The number of amidine groups is 1. The Balaban J connectivity index is 3.23. The average molecular weight is 82.1 g/mol. The molecule has 0 heterocycles. The van der Waals surface area contributed by atoms with E-state index in [1.807, 2.05) is 0 Å². The van der Waals surface area contributed by atoms with Crippen molar-refractivity contribution in [2.75, 3.05) is 0 Å². The number of hydrogen-bond donors (Lipinski definition) is 1. The average Bonchev–Trinajstić information content (AvgIpc) is 1.65. The first-order valence-corrected chi connectivity index (χ1v) is 1.76. The van der Waals surface area contributed by atoms with Crippen molar-refractivity contribution < 1.29 is 0 Å². The van der Waals surface area contributed by atoms with Gasteiger partial charge in [-0.15, -0.1) is 0 Å². The predicted molar refractivity (Wildman–Crippen MR) is 25.5 cm³/mol. The van der Waals surface area contributed by atoms with Crippen molar-refractivity contribution in [3.8, 4) is 0 Å². The van der Waals surface area contributed by atoms with E-state index in [0.29, 0.717) is 6.42 Å². The molecule has 0 aromatic rings. The Kier molecular flexibility index (Phi) is 2.29. The summed E-state index contributed by atoms with van der Waals surface area (Å²) in [5.74, 6) is 0.134. The van der Waals surface area contributed by atoms with Gasteiger partial charge in [0, 0.05) is 6.42 Å². The van der Waals surface area contributed by atoms with Crippen LogP contribution >= 0.6 is 0 Å². The molecular weight excluding hydrogens is 76.1 g/mol. The lowest BCUT2D eigenvalue weighted by atomic mass is 10.5. The van der Waals surface area contributed by atoms with Gasteiger partial charge in [0.2, 0.25) is 0 Å². The zero-order valence-electron chi connectivity index (χ0n) is 3.65. The molecule has 1 N–H and O–H groups in total. The summed E-state index contributed by atoms with van der Waals surface area (Å²) in [6.45, 7) is 8.00. The van der Waals surface area contributed by atoms with Crippen molar-refractivity contribution in [2.45, 2.75) is 13.3 Å². The number of aliphatic imine (C=N–C) groups is 1. The van der Waals surface area contributed by atoms with Crippen LogP contribution in [-0.2, 0) is 0 Å². The Bertz CT molecular complexity index is 65.9. The van der Waals surface area contributed by atoms with E-state index in [9.17, 15) is 0 Å². The summed E-state index contributed by atoms with van der Waals surface area (Å²) >= 11 is 0. The van der Waals surface area contributed by atoms with Gasteiger partial charge in [-0.3, -0.25) is 5.41 Å². The maximum absolute atomic E-state index is 6.63. The van der Waals surface area contributed by atoms with E-state index in [4.69, 9.17) is 12.1 Å². The highest BCUT2D eigenvalue weighted by atomic mass is 14.8. The van der Waals surface area contributed by atoms with E-state index >= 15 is 0 Å². The largest absolute Gasteiger partial charge is 0.287 e. The summed E-state index contributed by atoms with van der Waals surface area (Å²) in [6, 6.07) is 0. The van der Waals surface area contributed by atoms with E-state index in [2.05, 4.69) is 4.99 Å². The van der Waals surface area contributed by atoms with Crippen molar-refractivity contribution in [3.05, 3.63) is 0 Å². The second-order valence-corrected chi connectivity index (χ2v) is 0.912. The zero-order chi connectivity index (χ0) is 4.99. The van der Waals surface area contributed by atoms with Gasteiger partial charge in [-0.25, -0.2) is 4.99 Å². The first-order chi connectivity index (χ1) is 2.81. The Hall–Kier alpha value is -0.660. The SMILES string of the molecule is [C]=NC(=N)CC. The minimum Gasteiger partial charge on any atom is -0.287 e. The molecule has 0 rings (SSSR count). The van der Waals surface area contributed by atoms with E-state index in [1.54, 1.807) is 6.92 Å². The molecule has 0 saturated carbocycles. The molecule has 2 nitrogen and oxygen atoms in total. The van der Waals surface area contributed by atoms with Gasteiger partial charge in [0.05, 0.1) is 0 Å². The van der Waals surface area contributed by atoms with Gasteiger partial charge >= 0.3 is 0 Å². The second kappa shape index (κ2) is 2.57. The molecule has 0 aliphatic carbocycles. The molecule has 0 aliphatic rings. The van der Waals surface area contributed by atoms with Crippen molar-refractivity contribution >= 4 is 12.6 Å². The summed E-state index contributed by atoms with van der Waals surface area (Å²) in [6.07, 6.45) is 0.559. The van der Waals surface area contributed by atoms with E-state index in [1.165, 1.54) is 0 Å². The van der Waals surface area contributed by atoms with E-state index in [-0.39, 0.29) is 5.84 Å². The van der Waals surface area contributed by atoms with Crippen LogP contribution in [0, 0.1) is 5.41 Å². The maximum Gasteiger partial charge on any atom is 0.121 e. The first-order valence-electron chi connectivity index (χ1n) is 1.76. The van der Waals surface area contributed by atoms with Crippen LogP contribution in [0.1, 0.15) is 13.3 Å². The number of nitrogens with one attached hydrogen (secondary N) is 1. The lowest BCUT2D eigenvalue weighted by Crippen LogP contribution is -1.82. The maximum atomic E-state index is 6.63. The zero-order valence-corrected chi connectivity index (χ0v) is 3.65. The lowest BCUT2D eigenvalue weighted by molar-refractivity contribution is 1.21. The molecule has 0 fully saturated rings. The molecule has 6 heavy (non-hydrogen) atoms. The van der Waals surface area contributed by atoms with E-state index < -0.39 is 0 Å². The van der Waals surface area contributed by atoms with Gasteiger partial charge in [-0.2, -0.15) is 0 Å². The van der Waals surface area contributed by atoms with Gasteiger partial charge in [0.25, 0.3) is 0 Å². The van der Waals surface area contributed by atoms with Crippen LogP contribution in [0.5, 0.6) is 0 Å². The quantitative estimate of drug-likeness (QED) is 0.359. The molecule has 0 bridgehead atoms. The third kappa shape index (κ3) is 1.64. The Morgan fingerprint density at radius 1 is 2.00 bits per heavy atom. The minimum absolute atomic E-state index is 0.134. The summed E-state index contributed by atoms with van der Waals surface area (Å²) in [7, 11) is 0. The van der Waals surface area contributed by atoms with Crippen LogP contribution in [0.25, 0.3) is 0 Å². The van der Waals surface area contributed by atoms with Crippen LogP contribution < -0.4 is 0 Å². The molecule has 0 aromatic heterocycles. The third-order valence-electron chi connectivity index (χ3n) is 0.470. The molecule has 0 aliphatic heterocycles. The molecule has 0 amide bonds. The van der Waals surface area contributed by atoms with Gasteiger partial charge < -0.3 is 0 Å². The fourth-order valence-electron chi connectivity index (χ4n) is 0.0791. The topological polar surface area (TPSA) is 36.2 Å². The molecular formula is C4H6N2. The number of rotatable bonds is 1. The summed E-state index contributed by atoms with van der Waals surface area (Å²) in [5.41, 5.74) is 0. The fraction of sp³-hybridized carbons (Fsp3) is 0.500. The molecule has 2 radical (unpaired) electrons. The molecule has 0 spiro atoms. The number of hydrogen-bond acceptors (Lipinski definition) is 1. The Morgan fingerprint density at radius 2 is 2.50 bits per heavy atom. The van der Waals surface area contributed by atoms with Crippen LogP contribution in [0.3, 0.4) is 0 Å². The molecule has 0 aromatic carbocycles. The smallest absolute Gasteiger partial charge is 0.121 e. The monoisotopic (exact) mass is 82.1 g/mol. The van der Waals surface area contributed by atoms with E-state index in [0.717, 1.165) is 0 Å². The summed E-state index contributed by atoms with van der Waals surface area (Å²) in [4.78, 5) is 2.84. The molecule has 0 saturated heterocycles. The van der Waals surface area contributed by atoms with Crippen molar-refractivity contribution in [3.63, 3.8) is 0 Å². The Morgan fingerprint density at radius 3 is 2.50 bits per heavy atom. The highest BCUT2D eigenvalue weighted by Gasteiger charge is 1.77. The Labute approximate surface area is 37.4 Å². The molecule has 0 atom stereocenters. The minimum atomic E-state index is 0.134. The lowest BCUT2D eigenvalue weighted by Gasteiger charge is -1.79.